The van der Waals surface area contributed by atoms with Gasteiger partial charge in [0.25, 0.3) is 5.91 Å². The van der Waals surface area contributed by atoms with E-state index in [9.17, 15) is 14.3 Å². The average molecular weight is 422 g/mol. The molecule has 6 N–H and O–H groups in total. The van der Waals surface area contributed by atoms with E-state index in [2.05, 4.69) is 25.8 Å². The van der Waals surface area contributed by atoms with Crippen molar-refractivity contribution in [2.75, 3.05) is 11.1 Å². The van der Waals surface area contributed by atoms with Crippen molar-refractivity contribution in [1.29, 1.82) is 0 Å². The summed E-state index contributed by atoms with van der Waals surface area (Å²) in [7, 11) is 0. The smallest absolute Gasteiger partial charge is 0.257 e. The minimum Gasteiger partial charge on any atom is -0.508 e. The van der Waals surface area contributed by atoms with Gasteiger partial charge in [0.05, 0.1) is 16.8 Å². The zero-order valence-corrected chi connectivity index (χ0v) is 16.1. The van der Waals surface area contributed by atoms with Crippen LogP contribution < -0.4 is 16.4 Å². The Bertz CT molecular complexity index is 1280. The predicted molar refractivity (Wildman–Crippen MR) is 115 cm³/mol. The number of anilines is 2. The second-order valence-electron chi connectivity index (χ2n) is 6.33. The molecule has 0 unspecified atom stereocenters. The molecule has 2 heterocycles. The topological polar surface area (TPSA) is 129 Å². The molecule has 0 aliphatic rings. The van der Waals surface area contributed by atoms with Gasteiger partial charge in [-0.05, 0) is 42.5 Å². The number of aromatic nitrogens is 3. The number of fused-ring (bicyclic) bond motifs is 1. The standard InChI is InChI=1S/C20H15FN6O2S/c21-14-8-11(28)6-7-12(14)16-15(22)9-13-17(23-16)26-27-18(13)24-20(30)25-19(29)10-4-2-1-3-5-10/h1-9,28H,22H2,(H3,23,24,25,26,27,29,30). The van der Waals surface area contributed by atoms with Gasteiger partial charge in [0, 0.05) is 17.2 Å². The van der Waals surface area contributed by atoms with Crippen LogP contribution in [0.1, 0.15) is 10.4 Å². The number of rotatable bonds is 3. The minimum atomic E-state index is -0.656. The molecule has 2 aromatic carbocycles. The number of carbonyl (C=O) groups excluding carboxylic acids is 1. The van der Waals surface area contributed by atoms with E-state index in [0.717, 1.165) is 6.07 Å². The van der Waals surface area contributed by atoms with Gasteiger partial charge in [0.1, 0.15) is 11.6 Å². The van der Waals surface area contributed by atoms with Crippen molar-refractivity contribution in [2.24, 2.45) is 0 Å². The number of phenols is 1. The number of hydrogen-bond acceptors (Lipinski definition) is 6. The van der Waals surface area contributed by atoms with E-state index in [1.54, 1.807) is 36.4 Å². The van der Waals surface area contributed by atoms with E-state index in [4.69, 9.17) is 18.0 Å². The number of H-pyrrole nitrogens is 1. The first kappa shape index (κ1) is 19.3. The second kappa shape index (κ2) is 7.76. The van der Waals surface area contributed by atoms with Crippen LogP contribution >= 0.6 is 12.2 Å². The summed E-state index contributed by atoms with van der Waals surface area (Å²) in [6.07, 6.45) is 0. The molecule has 0 aliphatic carbocycles. The van der Waals surface area contributed by atoms with Crippen LogP contribution in [0.3, 0.4) is 0 Å². The van der Waals surface area contributed by atoms with E-state index in [1.807, 2.05) is 0 Å². The monoisotopic (exact) mass is 422 g/mol. The van der Waals surface area contributed by atoms with Gasteiger partial charge in [-0.1, -0.05) is 18.2 Å². The Kier molecular flexibility index (Phi) is 4.98. The first-order chi connectivity index (χ1) is 14.4. The van der Waals surface area contributed by atoms with Crippen molar-refractivity contribution in [3.63, 3.8) is 0 Å². The Balaban J connectivity index is 1.58. The third-order valence-electron chi connectivity index (χ3n) is 4.28. The summed E-state index contributed by atoms with van der Waals surface area (Å²) < 4.78 is 14.2. The van der Waals surface area contributed by atoms with Gasteiger partial charge in [-0.15, -0.1) is 0 Å². The molecule has 150 valence electrons. The summed E-state index contributed by atoms with van der Waals surface area (Å²) in [6, 6.07) is 13.9. The molecular formula is C20H15FN6O2S. The molecule has 0 spiro atoms. The number of thiocarbonyl (C=S) groups is 1. The summed E-state index contributed by atoms with van der Waals surface area (Å²) in [4.78, 5) is 16.5. The molecule has 0 radical (unpaired) electrons. The maximum Gasteiger partial charge on any atom is 0.257 e. The van der Waals surface area contributed by atoms with Crippen molar-refractivity contribution in [3.8, 4) is 17.0 Å². The lowest BCUT2D eigenvalue weighted by Crippen LogP contribution is -2.34. The van der Waals surface area contributed by atoms with Gasteiger partial charge >= 0.3 is 0 Å². The number of halogens is 1. The molecule has 4 rings (SSSR count). The van der Waals surface area contributed by atoms with Gasteiger partial charge < -0.3 is 16.2 Å². The number of phenolic OH excluding ortho intramolecular Hbond substituents is 1. The van der Waals surface area contributed by atoms with E-state index >= 15 is 0 Å². The highest BCUT2D eigenvalue weighted by Gasteiger charge is 2.16. The van der Waals surface area contributed by atoms with Gasteiger partial charge in [-0.3, -0.25) is 15.2 Å². The molecule has 30 heavy (non-hydrogen) atoms. The molecular weight excluding hydrogens is 407 g/mol. The second-order valence-corrected chi connectivity index (χ2v) is 6.74. The molecule has 0 bridgehead atoms. The fraction of sp³-hybridized carbons (Fsp3) is 0. The van der Waals surface area contributed by atoms with E-state index < -0.39 is 5.82 Å². The van der Waals surface area contributed by atoms with Crippen LogP contribution in [0.15, 0.2) is 54.6 Å². The molecule has 0 atom stereocenters. The molecule has 0 fully saturated rings. The van der Waals surface area contributed by atoms with Gasteiger partial charge in [0.15, 0.2) is 16.6 Å². The molecule has 8 nitrogen and oxygen atoms in total. The maximum absolute atomic E-state index is 14.2. The zero-order chi connectivity index (χ0) is 21.3. The first-order valence-electron chi connectivity index (χ1n) is 8.73. The Morgan fingerprint density at radius 3 is 2.67 bits per heavy atom. The Hall–Kier alpha value is -4.05. The summed E-state index contributed by atoms with van der Waals surface area (Å²) in [5.74, 6) is -0.915. The molecule has 0 aliphatic heterocycles. The summed E-state index contributed by atoms with van der Waals surface area (Å²) >= 11 is 5.18. The highest BCUT2D eigenvalue weighted by molar-refractivity contribution is 7.80. The number of carbonyl (C=O) groups is 1. The van der Waals surface area contributed by atoms with Crippen molar-refractivity contribution in [3.05, 3.63) is 66.0 Å². The lowest BCUT2D eigenvalue weighted by atomic mass is 10.1. The third kappa shape index (κ3) is 3.76. The molecule has 0 saturated heterocycles. The van der Waals surface area contributed by atoms with Gasteiger partial charge in [-0.2, -0.15) is 5.10 Å². The van der Waals surface area contributed by atoms with Crippen LogP contribution in [-0.4, -0.2) is 31.3 Å². The number of pyridine rings is 1. The van der Waals surface area contributed by atoms with E-state index in [-0.39, 0.29) is 33.7 Å². The summed E-state index contributed by atoms with van der Waals surface area (Å²) in [5.41, 5.74) is 7.42. The molecule has 0 saturated carbocycles. The van der Waals surface area contributed by atoms with Gasteiger partial charge in [-0.25, -0.2) is 9.37 Å². The Labute approximate surface area is 174 Å². The highest BCUT2D eigenvalue weighted by Crippen LogP contribution is 2.32. The molecule has 10 heteroatoms. The average Bonchev–Trinajstić information content (AvgIpc) is 3.09. The number of nitrogen functional groups attached to an aromatic ring is 1. The highest BCUT2D eigenvalue weighted by atomic mass is 32.1. The van der Waals surface area contributed by atoms with Crippen LogP contribution in [0.2, 0.25) is 0 Å². The third-order valence-corrected chi connectivity index (χ3v) is 4.49. The Morgan fingerprint density at radius 1 is 1.17 bits per heavy atom. The van der Waals surface area contributed by atoms with Crippen LogP contribution in [0.25, 0.3) is 22.3 Å². The maximum atomic E-state index is 14.2. The molecule has 1 amide bonds. The predicted octanol–water partition coefficient (Wildman–Crippen LogP) is 3.18. The number of nitrogens with one attached hydrogen (secondary N) is 3. The fourth-order valence-corrected chi connectivity index (χ4v) is 3.06. The zero-order valence-electron chi connectivity index (χ0n) is 15.3. The largest absolute Gasteiger partial charge is 0.508 e. The molecule has 2 aromatic heterocycles. The molecule has 4 aromatic rings. The summed E-state index contributed by atoms with van der Waals surface area (Å²) in [6.45, 7) is 0. The Morgan fingerprint density at radius 2 is 1.93 bits per heavy atom. The van der Waals surface area contributed by atoms with Crippen LogP contribution in [-0.2, 0) is 0 Å². The van der Waals surface area contributed by atoms with Crippen molar-refractivity contribution >= 4 is 45.8 Å². The SMILES string of the molecule is Nc1cc2c(NC(=S)NC(=O)c3ccccc3)n[nH]c2nc1-c1ccc(O)cc1F. The first-order valence-corrected chi connectivity index (χ1v) is 9.14. The van der Waals surface area contributed by atoms with Crippen LogP contribution in [0.5, 0.6) is 5.75 Å². The summed E-state index contributed by atoms with van der Waals surface area (Å²) in [5, 5.41) is 22.2. The van der Waals surface area contributed by atoms with Crippen molar-refractivity contribution in [1.82, 2.24) is 20.5 Å². The van der Waals surface area contributed by atoms with Crippen LogP contribution in [0, 0.1) is 5.82 Å². The lowest BCUT2D eigenvalue weighted by molar-refractivity contribution is 0.0977. The number of aromatic hydroxyl groups is 1. The number of hydrogen-bond donors (Lipinski definition) is 5. The van der Waals surface area contributed by atoms with Gasteiger partial charge in [0.2, 0.25) is 0 Å². The number of amides is 1. The van der Waals surface area contributed by atoms with Crippen molar-refractivity contribution in [2.45, 2.75) is 0 Å². The number of benzene rings is 2. The lowest BCUT2D eigenvalue weighted by Gasteiger charge is -2.09. The van der Waals surface area contributed by atoms with Crippen molar-refractivity contribution < 1.29 is 14.3 Å². The van der Waals surface area contributed by atoms with Crippen LogP contribution in [0.4, 0.5) is 15.9 Å². The number of aromatic amines is 1. The quantitative estimate of drug-likeness (QED) is 0.321. The van der Waals surface area contributed by atoms with E-state index in [1.165, 1.54) is 12.1 Å². The normalized spacial score (nSPS) is 10.7. The number of nitrogens with zero attached hydrogens (tertiary/aromatic N) is 2. The number of nitrogens with two attached hydrogens (primary N) is 1. The van der Waals surface area contributed by atoms with E-state index in [0.29, 0.717) is 22.4 Å². The minimum absolute atomic E-state index is 0.0458. The fourth-order valence-electron chi connectivity index (χ4n) is 2.87.